The second-order valence-electron chi connectivity index (χ2n) is 4.35. The number of hydrogen-bond donors (Lipinski definition) is 1. The van der Waals surface area contributed by atoms with Crippen molar-refractivity contribution in [2.75, 3.05) is 0 Å². The van der Waals surface area contributed by atoms with Crippen molar-refractivity contribution in [1.82, 2.24) is 0 Å². The molecule has 0 saturated heterocycles. The van der Waals surface area contributed by atoms with E-state index in [0.29, 0.717) is 5.78 Å². The molecule has 0 aromatic heterocycles. The van der Waals surface area contributed by atoms with Crippen molar-refractivity contribution in [2.45, 2.75) is 69.5 Å². The van der Waals surface area contributed by atoms with Crippen molar-refractivity contribution in [3.8, 4) is 0 Å². The molecule has 2 aliphatic rings. The Morgan fingerprint density at radius 2 is 1.36 bits per heavy atom. The van der Waals surface area contributed by atoms with E-state index >= 15 is 0 Å². The first kappa shape index (κ1) is 12.1. The molecule has 1 atom stereocenters. The number of carbonyl (C=O) groups excluding carboxylic acids is 1. The highest BCUT2D eigenvalue weighted by Gasteiger charge is 2.17. The molecule has 0 N–H and O–H groups in total. The van der Waals surface area contributed by atoms with Crippen LogP contribution in [-0.2, 0) is 4.79 Å². The zero-order chi connectivity index (χ0) is 10.2. The fourth-order valence-corrected chi connectivity index (χ4v) is 2.34. The zero-order valence-corrected chi connectivity index (χ0v) is 9.90. The van der Waals surface area contributed by atoms with Gasteiger partial charge in [-0.2, -0.15) is 12.6 Å². The van der Waals surface area contributed by atoms with Crippen LogP contribution in [0, 0.1) is 0 Å². The quantitative estimate of drug-likeness (QED) is 0.607. The first-order chi connectivity index (χ1) is 6.80. The van der Waals surface area contributed by atoms with Gasteiger partial charge in [-0.1, -0.05) is 44.9 Å². The van der Waals surface area contributed by atoms with Crippen molar-refractivity contribution >= 4 is 18.4 Å². The summed E-state index contributed by atoms with van der Waals surface area (Å²) in [6, 6.07) is 0. The number of Topliss-reactive ketones (excluding diaryl/α,β-unsaturated/α-hetero) is 1. The van der Waals surface area contributed by atoms with E-state index in [-0.39, 0.29) is 5.25 Å². The Morgan fingerprint density at radius 1 is 0.857 bits per heavy atom. The van der Waals surface area contributed by atoms with Crippen LogP contribution in [0.25, 0.3) is 0 Å². The molecule has 0 radical (unpaired) electrons. The van der Waals surface area contributed by atoms with Crippen LogP contribution < -0.4 is 0 Å². The molecule has 2 heteroatoms. The van der Waals surface area contributed by atoms with Gasteiger partial charge in [-0.3, -0.25) is 4.79 Å². The molecule has 0 spiro atoms. The summed E-state index contributed by atoms with van der Waals surface area (Å²) in [7, 11) is 0. The van der Waals surface area contributed by atoms with Crippen LogP contribution in [0.5, 0.6) is 0 Å². The highest BCUT2D eigenvalue weighted by atomic mass is 32.1. The lowest BCUT2D eigenvalue weighted by molar-refractivity contribution is -0.119. The van der Waals surface area contributed by atoms with Gasteiger partial charge in [0.2, 0.25) is 0 Å². The summed E-state index contributed by atoms with van der Waals surface area (Å²) in [5.41, 5.74) is 0. The van der Waals surface area contributed by atoms with Crippen LogP contribution in [0.4, 0.5) is 0 Å². The molecule has 2 fully saturated rings. The monoisotopic (exact) mass is 214 g/mol. The fourth-order valence-electron chi connectivity index (χ4n) is 2.03. The largest absolute Gasteiger partial charge is 0.298 e. The summed E-state index contributed by atoms with van der Waals surface area (Å²) in [6.45, 7) is 0. The third kappa shape index (κ3) is 5.04. The Labute approximate surface area is 93.1 Å². The molecule has 2 rings (SSSR count). The lowest BCUT2D eigenvalue weighted by Crippen LogP contribution is -2.18. The predicted octanol–water partition coefficient (Wildman–Crippen LogP) is 3.77. The average Bonchev–Trinajstić information content (AvgIpc) is 2.26. The minimum absolute atomic E-state index is 0.0590. The maximum Gasteiger partial charge on any atom is 0.145 e. The molecule has 0 aromatic rings. The molecule has 14 heavy (non-hydrogen) atoms. The van der Waals surface area contributed by atoms with Gasteiger partial charge in [0.25, 0.3) is 0 Å². The Balaban J connectivity index is 0.000000146. The summed E-state index contributed by atoms with van der Waals surface area (Å²) in [5, 5.41) is 0.0590. The van der Waals surface area contributed by atoms with Crippen molar-refractivity contribution in [1.29, 1.82) is 0 Å². The van der Waals surface area contributed by atoms with E-state index in [2.05, 4.69) is 12.6 Å². The van der Waals surface area contributed by atoms with E-state index in [0.717, 1.165) is 19.3 Å². The number of hydrogen-bond acceptors (Lipinski definition) is 2. The van der Waals surface area contributed by atoms with Crippen molar-refractivity contribution < 1.29 is 4.79 Å². The van der Waals surface area contributed by atoms with Crippen molar-refractivity contribution in [3.05, 3.63) is 0 Å². The second kappa shape index (κ2) is 7.33. The maximum atomic E-state index is 10.7. The Hall–Kier alpha value is 0.0200. The third-order valence-electron chi connectivity index (χ3n) is 3.02. The van der Waals surface area contributed by atoms with E-state index in [4.69, 9.17) is 0 Å². The molecule has 0 aliphatic heterocycles. The molecule has 0 bridgehead atoms. The Bertz CT molecular complexity index is 152. The van der Waals surface area contributed by atoms with Crippen LogP contribution in [0.2, 0.25) is 0 Å². The topological polar surface area (TPSA) is 17.1 Å². The van der Waals surface area contributed by atoms with E-state index in [1.807, 2.05) is 0 Å². The number of carbonyl (C=O) groups is 1. The molecule has 0 heterocycles. The maximum absolute atomic E-state index is 10.7. The van der Waals surface area contributed by atoms with Gasteiger partial charge in [0.15, 0.2) is 0 Å². The van der Waals surface area contributed by atoms with Gasteiger partial charge in [-0.25, -0.2) is 0 Å². The smallest absolute Gasteiger partial charge is 0.145 e. The Morgan fingerprint density at radius 3 is 1.64 bits per heavy atom. The highest BCUT2D eigenvalue weighted by Crippen LogP contribution is 2.18. The van der Waals surface area contributed by atoms with Gasteiger partial charge in [-0.15, -0.1) is 0 Å². The molecule has 82 valence electrons. The van der Waals surface area contributed by atoms with Crippen LogP contribution in [0.1, 0.15) is 64.2 Å². The zero-order valence-electron chi connectivity index (χ0n) is 9.00. The third-order valence-corrected chi connectivity index (χ3v) is 3.57. The minimum atomic E-state index is 0.0590. The van der Waals surface area contributed by atoms with Crippen LogP contribution in [0.15, 0.2) is 0 Å². The van der Waals surface area contributed by atoms with Crippen LogP contribution in [0.3, 0.4) is 0 Å². The van der Waals surface area contributed by atoms with Gasteiger partial charge in [0.05, 0.1) is 5.25 Å². The van der Waals surface area contributed by atoms with E-state index in [1.54, 1.807) is 0 Å². The summed E-state index contributed by atoms with van der Waals surface area (Å²) >= 11 is 4.11. The SMILES string of the molecule is C1CCCCC1.O=C1CCCCC1S. The molecule has 0 aromatic carbocycles. The van der Waals surface area contributed by atoms with Crippen molar-refractivity contribution in [3.63, 3.8) is 0 Å². The second-order valence-corrected chi connectivity index (χ2v) is 4.97. The molecule has 2 saturated carbocycles. The fraction of sp³-hybridized carbons (Fsp3) is 0.917. The van der Waals surface area contributed by atoms with E-state index < -0.39 is 0 Å². The normalized spacial score (nSPS) is 27.8. The molecular formula is C12H22OS. The molecule has 0 amide bonds. The average molecular weight is 214 g/mol. The van der Waals surface area contributed by atoms with E-state index in [1.165, 1.54) is 44.9 Å². The van der Waals surface area contributed by atoms with E-state index in [9.17, 15) is 4.79 Å². The lowest BCUT2D eigenvalue weighted by atomic mass is 9.99. The summed E-state index contributed by atoms with van der Waals surface area (Å²) in [4.78, 5) is 10.7. The molecular weight excluding hydrogens is 192 g/mol. The molecule has 1 unspecified atom stereocenters. The first-order valence-electron chi connectivity index (χ1n) is 6.01. The van der Waals surface area contributed by atoms with Gasteiger partial charge in [-0.05, 0) is 12.8 Å². The first-order valence-corrected chi connectivity index (χ1v) is 6.53. The van der Waals surface area contributed by atoms with Gasteiger partial charge >= 0.3 is 0 Å². The van der Waals surface area contributed by atoms with Crippen LogP contribution in [-0.4, -0.2) is 11.0 Å². The highest BCUT2D eigenvalue weighted by molar-refractivity contribution is 7.81. The standard InChI is InChI=1S/C6H10OS.C6H12/c7-5-3-1-2-4-6(5)8;1-2-4-6-5-3-1/h6,8H,1-4H2;1-6H2. The van der Waals surface area contributed by atoms with Gasteiger partial charge in [0, 0.05) is 6.42 Å². The summed E-state index contributed by atoms with van der Waals surface area (Å²) in [6.07, 6.45) is 13.0. The summed E-state index contributed by atoms with van der Waals surface area (Å²) in [5.74, 6) is 0.333. The lowest BCUT2D eigenvalue weighted by Gasteiger charge is -2.13. The van der Waals surface area contributed by atoms with Gasteiger partial charge < -0.3 is 0 Å². The van der Waals surface area contributed by atoms with Crippen LogP contribution >= 0.6 is 12.6 Å². The molecule has 1 nitrogen and oxygen atoms in total. The predicted molar refractivity (Wildman–Crippen MR) is 64.0 cm³/mol. The summed E-state index contributed by atoms with van der Waals surface area (Å²) < 4.78 is 0. The molecule has 2 aliphatic carbocycles. The number of rotatable bonds is 0. The van der Waals surface area contributed by atoms with Gasteiger partial charge in [0.1, 0.15) is 5.78 Å². The number of ketones is 1. The minimum Gasteiger partial charge on any atom is -0.298 e. The Kier molecular flexibility index (Phi) is 6.33. The number of thiol groups is 1. The van der Waals surface area contributed by atoms with Crippen molar-refractivity contribution in [2.24, 2.45) is 0 Å².